The first-order chi connectivity index (χ1) is 17.6. The number of nitrogens with one attached hydrogen (secondary N) is 2. The van der Waals surface area contributed by atoms with E-state index >= 15 is 0 Å². The normalized spacial score (nSPS) is 13.9. The largest absolute Gasteiger partial charge is 0.573 e. The van der Waals surface area contributed by atoms with Crippen LogP contribution >= 0.6 is 0 Å². The van der Waals surface area contributed by atoms with Crippen molar-refractivity contribution >= 4 is 5.91 Å². The van der Waals surface area contributed by atoms with Gasteiger partial charge in [0, 0.05) is 24.7 Å². The average molecular weight is 528 g/mol. The highest BCUT2D eigenvalue weighted by atomic mass is 19.4. The summed E-state index contributed by atoms with van der Waals surface area (Å²) < 4.78 is 47.0. The zero-order valence-corrected chi connectivity index (χ0v) is 21.9. The Morgan fingerprint density at radius 2 is 2.00 bits per heavy atom. The number of hydrogen-bond donors (Lipinski definition) is 3. The molecular weight excluding hydrogens is 491 g/mol. The topological polar surface area (TPSA) is 142 Å². The molecule has 1 aliphatic heterocycles. The van der Waals surface area contributed by atoms with Gasteiger partial charge in [0.05, 0.1) is 0 Å². The fraction of sp³-hybridized carbons (Fsp3) is 0.500. The molecule has 1 atom stereocenters. The van der Waals surface area contributed by atoms with E-state index in [-0.39, 0.29) is 23.4 Å². The van der Waals surface area contributed by atoms with Crippen LogP contribution in [0.5, 0.6) is 5.75 Å². The standard InChI is InChI=1S/C18H18F3N5O3.C2H7N.C2H5N.C2H6/c1-2-3-11-4-5-13(29-18(19,20)21)8-14(11)16-24-25-17(28-16)15(27)23-12-6-7-26(9-12)10-22;1-3-2;1-2-3;1-2/h4-5,8,12H,2-3,6-7,9H2,1H3,(H,23,27);3H,1-2H3;2H,1,3H2;1-2H3. The number of amides is 1. The van der Waals surface area contributed by atoms with Gasteiger partial charge >= 0.3 is 18.2 Å². The van der Waals surface area contributed by atoms with Crippen molar-refractivity contribution in [2.45, 2.75) is 52.4 Å². The van der Waals surface area contributed by atoms with Gasteiger partial charge in [-0.1, -0.05) is 39.8 Å². The quantitative estimate of drug-likeness (QED) is 0.478. The van der Waals surface area contributed by atoms with Crippen LogP contribution in [0.2, 0.25) is 0 Å². The van der Waals surface area contributed by atoms with Crippen molar-refractivity contribution in [3.63, 3.8) is 0 Å². The van der Waals surface area contributed by atoms with Gasteiger partial charge in [0.1, 0.15) is 5.75 Å². The van der Waals surface area contributed by atoms with E-state index in [1.807, 2.05) is 41.1 Å². The molecular formula is C24H36F3N7O3. The van der Waals surface area contributed by atoms with Crippen molar-refractivity contribution in [2.75, 3.05) is 27.2 Å². The van der Waals surface area contributed by atoms with Gasteiger partial charge in [-0.05, 0) is 50.8 Å². The van der Waals surface area contributed by atoms with Gasteiger partial charge in [-0.15, -0.1) is 23.4 Å². The van der Waals surface area contributed by atoms with E-state index in [0.29, 0.717) is 31.5 Å². The molecule has 10 nitrogen and oxygen atoms in total. The predicted octanol–water partition coefficient (Wildman–Crippen LogP) is 3.82. The van der Waals surface area contributed by atoms with Gasteiger partial charge in [0.15, 0.2) is 6.19 Å². The van der Waals surface area contributed by atoms with E-state index in [9.17, 15) is 18.0 Å². The van der Waals surface area contributed by atoms with Crippen LogP contribution in [0, 0.1) is 11.5 Å². The summed E-state index contributed by atoms with van der Waals surface area (Å²) in [6.07, 6.45) is 0.346. The lowest BCUT2D eigenvalue weighted by atomic mass is 10.0. The molecule has 4 N–H and O–H groups in total. The van der Waals surface area contributed by atoms with Crippen LogP contribution < -0.4 is 21.1 Å². The third-order valence-electron chi connectivity index (χ3n) is 4.35. The van der Waals surface area contributed by atoms with Gasteiger partial charge in [-0.2, -0.15) is 5.26 Å². The van der Waals surface area contributed by atoms with E-state index in [4.69, 9.17) is 9.68 Å². The molecule has 1 aromatic carbocycles. The SMILES string of the molecule is C=CN.CC.CCCc1ccc(OC(F)(F)F)cc1-c1nnc(C(=O)NC2CCN(C#N)C2)o1.CNC. The monoisotopic (exact) mass is 527 g/mol. The van der Waals surface area contributed by atoms with E-state index < -0.39 is 18.0 Å². The fourth-order valence-electron chi connectivity index (χ4n) is 3.08. The summed E-state index contributed by atoms with van der Waals surface area (Å²) in [5.74, 6) is -1.40. The van der Waals surface area contributed by atoms with Crippen LogP contribution in [0.15, 0.2) is 35.4 Å². The first-order valence-corrected chi connectivity index (χ1v) is 11.7. The van der Waals surface area contributed by atoms with Crippen molar-refractivity contribution < 1.29 is 27.1 Å². The maximum Gasteiger partial charge on any atom is 0.573 e. The minimum Gasteiger partial charge on any atom is -0.412 e. The molecule has 3 rings (SSSR count). The second-order valence-corrected chi connectivity index (χ2v) is 7.27. The Balaban J connectivity index is 0.00000145. The number of halogens is 3. The lowest BCUT2D eigenvalue weighted by Gasteiger charge is -2.12. The molecule has 1 aliphatic rings. The zero-order valence-electron chi connectivity index (χ0n) is 21.9. The lowest BCUT2D eigenvalue weighted by molar-refractivity contribution is -0.274. The highest BCUT2D eigenvalue weighted by Gasteiger charge is 2.32. The van der Waals surface area contributed by atoms with Crippen molar-refractivity contribution in [1.82, 2.24) is 25.7 Å². The highest BCUT2D eigenvalue weighted by molar-refractivity contribution is 5.90. The van der Waals surface area contributed by atoms with E-state index in [1.165, 1.54) is 23.2 Å². The van der Waals surface area contributed by atoms with E-state index in [1.54, 1.807) is 0 Å². The van der Waals surface area contributed by atoms with Gasteiger partial charge in [-0.3, -0.25) is 4.79 Å². The number of aryl methyl sites for hydroxylation is 1. The number of alkyl halides is 3. The second-order valence-electron chi connectivity index (χ2n) is 7.27. The fourth-order valence-corrected chi connectivity index (χ4v) is 3.08. The Labute approximate surface area is 215 Å². The maximum atomic E-state index is 12.5. The number of benzene rings is 1. The number of likely N-dealkylation sites (tertiary alicyclic amines) is 1. The summed E-state index contributed by atoms with van der Waals surface area (Å²) in [6, 6.07) is 3.65. The molecule has 2 heterocycles. The Hall–Kier alpha value is -3.79. The minimum absolute atomic E-state index is 0.0729. The molecule has 0 spiro atoms. The molecule has 206 valence electrons. The smallest absolute Gasteiger partial charge is 0.412 e. The van der Waals surface area contributed by atoms with Crippen LogP contribution in [0.4, 0.5) is 13.2 Å². The minimum atomic E-state index is -4.83. The zero-order chi connectivity index (χ0) is 28.4. The second kappa shape index (κ2) is 17.6. The molecule has 1 aromatic heterocycles. The number of carbonyl (C=O) groups excluding carboxylic acids is 1. The Morgan fingerprint density at radius 1 is 1.38 bits per heavy atom. The predicted molar refractivity (Wildman–Crippen MR) is 134 cm³/mol. The van der Waals surface area contributed by atoms with Crippen molar-refractivity contribution in [3.8, 4) is 23.4 Å². The molecule has 0 bridgehead atoms. The summed E-state index contributed by atoms with van der Waals surface area (Å²) in [5, 5.41) is 21.8. The van der Waals surface area contributed by atoms with Crippen molar-refractivity contribution in [3.05, 3.63) is 42.4 Å². The highest BCUT2D eigenvalue weighted by Crippen LogP contribution is 2.31. The van der Waals surface area contributed by atoms with Crippen LogP contribution in [0.1, 0.15) is 49.9 Å². The molecule has 1 unspecified atom stereocenters. The van der Waals surface area contributed by atoms with Crippen LogP contribution in [0.3, 0.4) is 0 Å². The van der Waals surface area contributed by atoms with E-state index in [0.717, 1.165) is 12.5 Å². The molecule has 0 aliphatic carbocycles. The third-order valence-corrected chi connectivity index (χ3v) is 4.35. The van der Waals surface area contributed by atoms with Crippen LogP contribution in [-0.4, -0.2) is 60.6 Å². The first kappa shape index (κ1) is 33.2. The number of aromatic nitrogens is 2. The number of ether oxygens (including phenoxy) is 1. The Kier molecular flexibility index (Phi) is 15.8. The summed E-state index contributed by atoms with van der Waals surface area (Å²) >= 11 is 0. The number of nitrogens with two attached hydrogens (primary N) is 1. The summed E-state index contributed by atoms with van der Waals surface area (Å²) in [6.45, 7) is 9.99. The van der Waals surface area contributed by atoms with Crippen molar-refractivity contribution in [2.24, 2.45) is 5.73 Å². The van der Waals surface area contributed by atoms with Crippen LogP contribution in [-0.2, 0) is 6.42 Å². The number of nitriles is 1. The third kappa shape index (κ3) is 12.1. The molecule has 37 heavy (non-hydrogen) atoms. The van der Waals surface area contributed by atoms with E-state index in [2.05, 4.69) is 37.9 Å². The van der Waals surface area contributed by atoms with Crippen molar-refractivity contribution in [1.29, 1.82) is 5.26 Å². The number of carbonyl (C=O) groups is 1. The molecule has 0 saturated carbocycles. The summed E-state index contributed by atoms with van der Waals surface area (Å²) in [7, 11) is 3.75. The molecule has 2 aromatic rings. The molecule has 1 fully saturated rings. The average Bonchev–Trinajstić information content (AvgIpc) is 3.51. The number of rotatable bonds is 6. The summed E-state index contributed by atoms with van der Waals surface area (Å²) in [5.41, 5.74) is 5.58. The molecule has 1 saturated heterocycles. The van der Waals surface area contributed by atoms with Crippen LogP contribution in [0.25, 0.3) is 11.5 Å². The molecule has 0 radical (unpaired) electrons. The molecule has 1 amide bonds. The van der Waals surface area contributed by atoms with Gasteiger partial charge < -0.3 is 30.4 Å². The number of nitrogens with zero attached hydrogens (tertiary/aromatic N) is 4. The number of hydrogen-bond acceptors (Lipinski definition) is 9. The Bertz CT molecular complexity index is 991. The first-order valence-electron chi connectivity index (χ1n) is 11.7. The van der Waals surface area contributed by atoms with Gasteiger partial charge in [0.2, 0.25) is 5.89 Å². The van der Waals surface area contributed by atoms with Gasteiger partial charge in [0.25, 0.3) is 0 Å². The maximum absolute atomic E-state index is 12.5. The Morgan fingerprint density at radius 3 is 2.51 bits per heavy atom. The lowest BCUT2D eigenvalue weighted by Crippen LogP contribution is -2.36. The van der Waals surface area contributed by atoms with Gasteiger partial charge in [-0.25, -0.2) is 0 Å². The summed E-state index contributed by atoms with van der Waals surface area (Å²) in [4.78, 5) is 13.8. The molecule has 13 heteroatoms.